The fraction of sp³-hybridized carbons (Fsp3) is 0.115. The Morgan fingerprint density at radius 1 is 0.824 bits per heavy atom. The number of rotatable bonds is 7. The second kappa shape index (κ2) is 9.50. The number of pyridine rings is 1. The van der Waals surface area contributed by atoms with Gasteiger partial charge in [0.2, 0.25) is 11.7 Å². The molecule has 0 bridgehead atoms. The van der Waals surface area contributed by atoms with Gasteiger partial charge in [-0.15, -0.1) is 0 Å². The Morgan fingerprint density at radius 3 is 2.18 bits per heavy atom. The maximum absolute atomic E-state index is 13.2. The normalized spacial score (nSPS) is 10.6. The highest BCUT2D eigenvalue weighted by molar-refractivity contribution is 6.05. The lowest BCUT2D eigenvalue weighted by Crippen LogP contribution is -2.13. The van der Waals surface area contributed by atoms with E-state index in [1.54, 1.807) is 48.5 Å². The number of nitrogens with zero attached hydrogens (tertiary/aromatic N) is 1. The lowest BCUT2D eigenvalue weighted by Gasteiger charge is -2.15. The zero-order valence-electron chi connectivity index (χ0n) is 18.8. The van der Waals surface area contributed by atoms with E-state index in [-0.39, 0.29) is 11.3 Å². The summed E-state index contributed by atoms with van der Waals surface area (Å²) < 4.78 is 21.9. The van der Waals surface area contributed by atoms with Crippen LogP contribution in [0.25, 0.3) is 22.2 Å². The van der Waals surface area contributed by atoms with Crippen LogP contribution in [-0.2, 0) is 0 Å². The van der Waals surface area contributed by atoms with E-state index in [0.717, 1.165) is 0 Å². The number of amides is 1. The molecular formula is C26H22N2O6. The molecule has 0 spiro atoms. The van der Waals surface area contributed by atoms with Crippen LogP contribution in [0.5, 0.6) is 23.0 Å². The minimum atomic E-state index is -0.614. The Kier molecular flexibility index (Phi) is 6.31. The summed E-state index contributed by atoms with van der Waals surface area (Å²) in [5.74, 6) is 0.351. The first-order chi connectivity index (χ1) is 16.4. The fourth-order valence-corrected chi connectivity index (χ4v) is 3.60. The van der Waals surface area contributed by atoms with E-state index in [1.807, 2.05) is 12.1 Å². The Labute approximate surface area is 195 Å². The zero-order valence-corrected chi connectivity index (χ0v) is 18.8. The summed E-state index contributed by atoms with van der Waals surface area (Å²) >= 11 is 0. The summed E-state index contributed by atoms with van der Waals surface area (Å²) in [6, 6.07) is 18.5. The van der Waals surface area contributed by atoms with Crippen molar-refractivity contribution in [1.29, 1.82) is 0 Å². The second-order valence-corrected chi connectivity index (χ2v) is 7.27. The Hall–Kier alpha value is -4.59. The first kappa shape index (κ1) is 22.6. The number of nitrogens with two attached hydrogens (primary N) is 1. The van der Waals surface area contributed by atoms with Gasteiger partial charge in [0.15, 0.2) is 11.5 Å². The Morgan fingerprint density at radius 2 is 1.53 bits per heavy atom. The number of carbonyl (C=O) groups excluding carboxylic acids is 2. The van der Waals surface area contributed by atoms with Crippen molar-refractivity contribution in [3.63, 3.8) is 0 Å². The molecule has 1 aromatic heterocycles. The van der Waals surface area contributed by atoms with Crippen molar-refractivity contribution < 1.29 is 28.5 Å². The van der Waals surface area contributed by atoms with Gasteiger partial charge in [-0.05, 0) is 42.5 Å². The highest BCUT2D eigenvalue weighted by Gasteiger charge is 2.19. The molecule has 0 radical (unpaired) electrons. The van der Waals surface area contributed by atoms with Crippen molar-refractivity contribution >= 4 is 22.8 Å². The van der Waals surface area contributed by atoms with E-state index in [4.69, 9.17) is 29.7 Å². The maximum Gasteiger partial charge on any atom is 0.344 e. The van der Waals surface area contributed by atoms with Crippen LogP contribution in [0.3, 0.4) is 0 Å². The topological polar surface area (TPSA) is 110 Å². The quantitative estimate of drug-likeness (QED) is 0.326. The lowest BCUT2D eigenvalue weighted by molar-refractivity contribution is 0.0735. The number of para-hydroxylation sites is 1. The molecule has 0 saturated heterocycles. The fourth-order valence-electron chi connectivity index (χ4n) is 3.60. The third-order valence-electron chi connectivity index (χ3n) is 5.23. The number of aromatic nitrogens is 1. The van der Waals surface area contributed by atoms with E-state index in [9.17, 15) is 9.59 Å². The van der Waals surface area contributed by atoms with Gasteiger partial charge in [-0.3, -0.25) is 4.79 Å². The average Bonchev–Trinajstić information content (AvgIpc) is 2.87. The first-order valence-corrected chi connectivity index (χ1v) is 10.3. The van der Waals surface area contributed by atoms with Gasteiger partial charge >= 0.3 is 5.97 Å². The van der Waals surface area contributed by atoms with E-state index in [2.05, 4.69) is 0 Å². The third kappa shape index (κ3) is 4.33. The van der Waals surface area contributed by atoms with Crippen molar-refractivity contribution in [2.75, 3.05) is 21.3 Å². The van der Waals surface area contributed by atoms with Gasteiger partial charge in [0.25, 0.3) is 0 Å². The number of ether oxygens (including phenoxy) is 4. The van der Waals surface area contributed by atoms with E-state index < -0.39 is 11.9 Å². The SMILES string of the molecule is COc1cc(-c2cc(C(=O)Oc3cccc(C(N)=O)c3)c3ccccc3n2)cc(OC)c1OC. The van der Waals surface area contributed by atoms with E-state index in [1.165, 1.54) is 27.4 Å². The molecule has 0 aliphatic heterocycles. The minimum absolute atomic E-state index is 0.205. The smallest absolute Gasteiger partial charge is 0.344 e. The van der Waals surface area contributed by atoms with Gasteiger partial charge in [-0.25, -0.2) is 9.78 Å². The summed E-state index contributed by atoms with van der Waals surface area (Å²) in [6.07, 6.45) is 0. The van der Waals surface area contributed by atoms with Crippen LogP contribution >= 0.6 is 0 Å². The minimum Gasteiger partial charge on any atom is -0.493 e. The van der Waals surface area contributed by atoms with Crippen LogP contribution in [0.1, 0.15) is 20.7 Å². The lowest BCUT2D eigenvalue weighted by atomic mass is 10.0. The van der Waals surface area contributed by atoms with Crippen LogP contribution < -0.4 is 24.7 Å². The molecule has 8 heteroatoms. The summed E-state index contributed by atoms with van der Waals surface area (Å²) in [5, 5.41) is 0.620. The number of hydrogen-bond donors (Lipinski definition) is 1. The summed E-state index contributed by atoms with van der Waals surface area (Å²) in [5.41, 5.74) is 7.65. The number of esters is 1. The Bertz CT molecular complexity index is 1370. The number of methoxy groups -OCH3 is 3. The van der Waals surface area contributed by atoms with E-state index in [0.29, 0.717) is 45.0 Å². The van der Waals surface area contributed by atoms with Crippen LogP contribution in [0, 0.1) is 0 Å². The van der Waals surface area contributed by atoms with Gasteiger partial charge < -0.3 is 24.7 Å². The summed E-state index contributed by atoms with van der Waals surface area (Å²) in [6.45, 7) is 0. The highest BCUT2D eigenvalue weighted by Crippen LogP contribution is 2.41. The largest absolute Gasteiger partial charge is 0.493 e. The van der Waals surface area contributed by atoms with Gasteiger partial charge in [0.1, 0.15) is 5.75 Å². The average molecular weight is 458 g/mol. The van der Waals surface area contributed by atoms with Crippen molar-refractivity contribution in [2.45, 2.75) is 0 Å². The molecule has 3 aromatic carbocycles. The molecule has 0 saturated carbocycles. The molecule has 34 heavy (non-hydrogen) atoms. The predicted molar refractivity (Wildman–Crippen MR) is 127 cm³/mol. The molecule has 4 rings (SSSR count). The van der Waals surface area contributed by atoms with Gasteiger partial charge in [0.05, 0.1) is 38.1 Å². The molecule has 172 valence electrons. The molecule has 0 aliphatic rings. The van der Waals surface area contributed by atoms with Crippen molar-refractivity contribution in [1.82, 2.24) is 4.98 Å². The molecule has 1 heterocycles. The number of fused-ring (bicyclic) bond motifs is 1. The zero-order chi connectivity index (χ0) is 24.2. The highest BCUT2D eigenvalue weighted by atomic mass is 16.5. The van der Waals surface area contributed by atoms with Gasteiger partial charge in [-0.2, -0.15) is 0 Å². The van der Waals surface area contributed by atoms with Crippen LogP contribution in [0.15, 0.2) is 66.7 Å². The number of benzene rings is 3. The Balaban J connectivity index is 1.83. The third-order valence-corrected chi connectivity index (χ3v) is 5.23. The van der Waals surface area contributed by atoms with Crippen molar-refractivity contribution in [3.8, 4) is 34.3 Å². The number of hydrogen-bond acceptors (Lipinski definition) is 7. The molecule has 8 nitrogen and oxygen atoms in total. The summed E-state index contributed by atoms with van der Waals surface area (Å²) in [7, 11) is 4.57. The molecule has 0 unspecified atom stereocenters. The molecule has 2 N–H and O–H groups in total. The van der Waals surface area contributed by atoms with E-state index >= 15 is 0 Å². The molecule has 0 aliphatic carbocycles. The standard InChI is InChI=1S/C26H22N2O6/c1-31-22-12-16(13-23(32-2)24(22)33-3)21-14-19(18-9-4-5-10-20(18)28-21)26(30)34-17-8-6-7-15(11-17)25(27)29/h4-14H,1-3H3,(H2,27,29). The monoisotopic (exact) mass is 458 g/mol. The molecule has 4 aromatic rings. The molecule has 0 fully saturated rings. The van der Waals surface area contributed by atoms with Crippen molar-refractivity contribution in [2.24, 2.45) is 5.73 Å². The first-order valence-electron chi connectivity index (χ1n) is 10.3. The number of carbonyl (C=O) groups is 2. The summed E-state index contributed by atoms with van der Waals surface area (Å²) in [4.78, 5) is 29.4. The van der Waals surface area contributed by atoms with Gasteiger partial charge in [-0.1, -0.05) is 24.3 Å². The predicted octanol–water partition coefficient (Wildman–Crippen LogP) is 4.25. The maximum atomic E-state index is 13.2. The molecule has 0 atom stereocenters. The van der Waals surface area contributed by atoms with Crippen LogP contribution in [0.4, 0.5) is 0 Å². The number of primary amides is 1. The second-order valence-electron chi connectivity index (χ2n) is 7.27. The van der Waals surface area contributed by atoms with Crippen molar-refractivity contribution in [3.05, 3.63) is 77.9 Å². The molecule has 1 amide bonds. The van der Waals surface area contributed by atoms with Gasteiger partial charge in [0, 0.05) is 16.5 Å². The van der Waals surface area contributed by atoms with Crippen LogP contribution in [0.2, 0.25) is 0 Å². The van der Waals surface area contributed by atoms with Crippen LogP contribution in [-0.4, -0.2) is 38.2 Å². The molecular weight excluding hydrogens is 436 g/mol.